The molecule has 0 aliphatic heterocycles. The maximum absolute atomic E-state index is 2.54. The number of anilines is 3. The smallest absolute Gasteiger partial charge is 0.0543 e. The van der Waals surface area contributed by atoms with Gasteiger partial charge in [0.15, 0.2) is 0 Å². The lowest BCUT2D eigenvalue weighted by Crippen LogP contribution is -2.22. The lowest BCUT2D eigenvalue weighted by Gasteiger charge is -2.32. The Morgan fingerprint density at radius 1 is 0.290 bits per heavy atom. The first kappa shape index (κ1) is 40.5. The van der Waals surface area contributed by atoms with Gasteiger partial charge in [-0.05, 0) is 131 Å². The fourth-order valence-corrected chi connectivity index (χ4v) is 11.6. The van der Waals surface area contributed by atoms with Crippen LogP contribution in [0.25, 0.3) is 88.0 Å². The van der Waals surface area contributed by atoms with E-state index in [1.54, 1.807) is 0 Å². The molecule has 12 aromatic carbocycles. The zero-order valence-electron chi connectivity index (χ0n) is 38.4. The zero-order valence-corrected chi connectivity index (χ0v) is 38.4. The summed E-state index contributed by atoms with van der Waals surface area (Å²) in [4.78, 5) is 2.54. The molecule has 0 bridgehead atoms. The van der Waals surface area contributed by atoms with E-state index >= 15 is 0 Å². The highest BCUT2D eigenvalue weighted by Crippen LogP contribution is 2.57. The molecular formula is C68H47N. The molecule has 1 heteroatoms. The van der Waals surface area contributed by atoms with Crippen LogP contribution in [0.5, 0.6) is 0 Å². The molecule has 0 spiro atoms. The molecule has 1 aliphatic rings. The minimum Gasteiger partial charge on any atom is -0.309 e. The highest BCUT2D eigenvalue weighted by Gasteiger charge is 2.42. The molecule has 324 valence electrons. The first-order valence-electron chi connectivity index (χ1n) is 24.0. The Balaban J connectivity index is 1.09. The van der Waals surface area contributed by atoms with Crippen molar-refractivity contribution in [2.24, 2.45) is 0 Å². The molecule has 0 radical (unpaired) electrons. The highest BCUT2D eigenvalue weighted by atomic mass is 15.1. The second-order valence-electron chi connectivity index (χ2n) is 18.5. The Morgan fingerprint density at radius 3 is 1.58 bits per heavy atom. The van der Waals surface area contributed by atoms with Gasteiger partial charge < -0.3 is 4.90 Å². The third kappa shape index (κ3) is 6.54. The van der Waals surface area contributed by atoms with Gasteiger partial charge in [-0.25, -0.2) is 0 Å². The molecule has 0 saturated heterocycles. The fourth-order valence-electron chi connectivity index (χ4n) is 11.6. The number of hydrogen-bond donors (Lipinski definition) is 0. The van der Waals surface area contributed by atoms with Gasteiger partial charge >= 0.3 is 0 Å². The Bertz CT molecular complexity index is 3900. The largest absolute Gasteiger partial charge is 0.309 e. The monoisotopic (exact) mass is 877 g/mol. The van der Waals surface area contributed by atoms with Crippen LogP contribution in [0.2, 0.25) is 0 Å². The summed E-state index contributed by atoms with van der Waals surface area (Å²) >= 11 is 0. The average Bonchev–Trinajstić information content (AvgIpc) is 3.70. The van der Waals surface area contributed by atoms with Gasteiger partial charge in [0.05, 0.1) is 11.4 Å². The summed E-state index contributed by atoms with van der Waals surface area (Å²) in [5.41, 5.74) is 19.0. The first-order chi connectivity index (χ1) is 34.1. The van der Waals surface area contributed by atoms with Gasteiger partial charge in [0.1, 0.15) is 0 Å². The third-order valence-corrected chi connectivity index (χ3v) is 14.7. The SMILES string of the molecule is CC1(c2ccccc2)c2ccccc2-c2c(N(c3cccc(-c4cccc5ccccc45)c3)c3ccccc3-c3ccc4c(c3)c(-c3ccccc3)c(-c3ccccc3)c3ccccc34)cccc21. The molecule has 0 amide bonds. The van der Waals surface area contributed by atoms with E-state index < -0.39 is 0 Å². The second kappa shape index (κ2) is 16.5. The molecule has 1 unspecified atom stereocenters. The minimum absolute atomic E-state index is 0.357. The minimum atomic E-state index is -0.357. The van der Waals surface area contributed by atoms with Crippen molar-refractivity contribution in [3.05, 3.63) is 284 Å². The van der Waals surface area contributed by atoms with Crippen LogP contribution in [0.3, 0.4) is 0 Å². The van der Waals surface area contributed by atoms with E-state index in [4.69, 9.17) is 0 Å². The van der Waals surface area contributed by atoms with Crippen LogP contribution in [0.15, 0.2) is 267 Å². The van der Waals surface area contributed by atoms with Crippen molar-refractivity contribution in [1.29, 1.82) is 0 Å². The number of para-hydroxylation sites is 1. The van der Waals surface area contributed by atoms with Crippen molar-refractivity contribution in [2.45, 2.75) is 12.3 Å². The van der Waals surface area contributed by atoms with Gasteiger partial charge in [-0.2, -0.15) is 0 Å². The standard InChI is InChI=1S/C68H47N/c1-68(51-29-9-4-10-30-51)61-38-17-15-36-59(61)67-62(68)39-21-41-64(67)69(52-31-19-28-49(44-52)54-37-20-27-46-22-11-12-32-53(46)54)63-40-18-16-33-55(63)50-42-43-57-56-34-13-14-35-58(56)65(47-23-5-2-6-24-47)66(60(57)45-50)48-25-7-3-8-26-48/h2-45H,1H3. The van der Waals surface area contributed by atoms with Crippen LogP contribution < -0.4 is 4.90 Å². The number of fused-ring (bicyclic) bond motifs is 7. The molecule has 0 saturated carbocycles. The van der Waals surface area contributed by atoms with Gasteiger partial charge in [-0.3, -0.25) is 0 Å². The summed E-state index contributed by atoms with van der Waals surface area (Å²) in [5, 5.41) is 7.44. The molecule has 1 aliphatic carbocycles. The number of rotatable bonds is 8. The van der Waals surface area contributed by atoms with Gasteiger partial charge in [-0.15, -0.1) is 0 Å². The Labute approximate surface area is 403 Å². The average molecular weight is 878 g/mol. The van der Waals surface area contributed by atoms with Crippen LogP contribution in [0, 0.1) is 0 Å². The normalized spacial score (nSPS) is 13.9. The molecule has 0 fully saturated rings. The first-order valence-corrected chi connectivity index (χ1v) is 24.0. The molecule has 69 heavy (non-hydrogen) atoms. The summed E-state index contributed by atoms with van der Waals surface area (Å²) in [5.74, 6) is 0. The summed E-state index contributed by atoms with van der Waals surface area (Å²) < 4.78 is 0. The van der Waals surface area contributed by atoms with Crippen LogP contribution in [0.1, 0.15) is 23.6 Å². The Morgan fingerprint density at radius 2 is 0.797 bits per heavy atom. The summed E-state index contributed by atoms with van der Waals surface area (Å²) in [6.45, 7) is 2.41. The molecule has 13 rings (SSSR count). The number of nitrogens with zero attached hydrogens (tertiary/aromatic N) is 1. The highest BCUT2D eigenvalue weighted by molar-refractivity contribution is 6.22. The lowest BCUT2D eigenvalue weighted by molar-refractivity contribution is 0.714. The second-order valence-corrected chi connectivity index (χ2v) is 18.5. The maximum atomic E-state index is 2.54. The van der Waals surface area contributed by atoms with Crippen molar-refractivity contribution in [3.8, 4) is 55.6 Å². The molecule has 0 heterocycles. The van der Waals surface area contributed by atoms with E-state index in [2.05, 4.69) is 279 Å². The predicted octanol–water partition coefficient (Wildman–Crippen LogP) is 18.6. The van der Waals surface area contributed by atoms with Gasteiger partial charge in [0.2, 0.25) is 0 Å². The molecule has 1 atom stereocenters. The van der Waals surface area contributed by atoms with Crippen LogP contribution in [-0.2, 0) is 5.41 Å². The zero-order chi connectivity index (χ0) is 45.9. The van der Waals surface area contributed by atoms with Crippen LogP contribution >= 0.6 is 0 Å². The van der Waals surface area contributed by atoms with Crippen molar-refractivity contribution in [3.63, 3.8) is 0 Å². The molecular weight excluding hydrogens is 831 g/mol. The van der Waals surface area contributed by atoms with Crippen molar-refractivity contribution in [1.82, 2.24) is 0 Å². The predicted molar refractivity (Wildman–Crippen MR) is 293 cm³/mol. The molecule has 12 aromatic rings. The van der Waals surface area contributed by atoms with Crippen molar-refractivity contribution < 1.29 is 0 Å². The number of benzene rings is 12. The van der Waals surface area contributed by atoms with Gasteiger partial charge in [0, 0.05) is 22.2 Å². The molecule has 0 aromatic heterocycles. The summed E-state index contributed by atoms with van der Waals surface area (Å²) in [6.07, 6.45) is 0. The Hall–Kier alpha value is -8.78. The summed E-state index contributed by atoms with van der Waals surface area (Å²) in [6, 6.07) is 98.5. The van der Waals surface area contributed by atoms with E-state index in [1.807, 2.05) is 0 Å². The van der Waals surface area contributed by atoms with E-state index in [9.17, 15) is 0 Å². The molecule has 0 N–H and O–H groups in total. The maximum Gasteiger partial charge on any atom is 0.0543 e. The van der Waals surface area contributed by atoms with Gasteiger partial charge in [0.25, 0.3) is 0 Å². The Kier molecular flexibility index (Phi) is 9.70. The summed E-state index contributed by atoms with van der Waals surface area (Å²) in [7, 11) is 0. The number of hydrogen-bond acceptors (Lipinski definition) is 1. The lowest BCUT2D eigenvalue weighted by atomic mass is 9.74. The fraction of sp³-hybridized carbons (Fsp3) is 0.0294. The third-order valence-electron chi connectivity index (χ3n) is 14.7. The van der Waals surface area contributed by atoms with Crippen molar-refractivity contribution >= 4 is 49.4 Å². The molecule has 1 nitrogen and oxygen atoms in total. The quantitative estimate of drug-likeness (QED) is 0.138. The van der Waals surface area contributed by atoms with E-state index in [0.29, 0.717) is 0 Å². The van der Waals surface area contributed by atoms with Gasteiger partial charge in [-0.1, -0.05) is 237 Å². The van der Waals surface area contributed by atoms with E-state index in [0.717, 1.165) is 28.2 Å². The topological polar surface area (TPSA) is 3.24 Å². The van der Waals surface area contributed by atoms with Crippen LogP contribution in [0.4, 0.5) is 17.1 Å². The van der Waals surface area contributed by atoms with Crippen LogP contribution in [-0.4, -0.2) is 0 Å². The van der Waals surface area contributed by atoms with E-state index in [-0.39, 0.29) is 5.41 Å². The van der Waals surface area contributed by atoms with Crippen molar-refractivity contribution in [2.75, 3.05) is 4.90 Å². The van der Waals surface area contributed by atoms with E-state index in [1.165, 1.54) is 93.5 Å².